The molecule has 4 nitrogen and oxygen atoms in total. The zero-order valence-corrected chi connectivity index (χ0v) is 18.2. The second-order valence-electron chi connectivity index (χ2n) is 7.63. The fourth-order valence-corrected chi connectivity index (χ4v) is 3.94. The first-order valence-corrected chi connectivity index (χ1v) is 10.6. The van der Waals surface area contributed by atoms with Gasteiger partial charge >= 0.3 is 0 Å². The highest BCUT2D eigenvalue weighted by molar-refractivity contribution is 7.80. The summed E-state index contributed by atoms with van der Waals surface area (Å²) in [6, 6.07) is 8.17. The number of rotatable bonds is 6. The van der Waals surface area contributed by atoms with Crippen LogP contribution in [-0.4, -0.2) is 13.9 Å². The molecular weight excluding hydrogens is 382 g/mol. The monoisotopic (exact) mass is 409 g/mol. The van der Waals surface area contributed by atoms with E-state index >= 15 is 0 Å². The Hall–Kier alpha value is -1.56. The average Bonchev–Trinajstić information content (AvgIpc) is 2.58. The molecule has 2 aromatic rings. The van der Waals surface area contributed by atoms with Crippen molar-refractivity contribution in [2.75, 3.05) is 4.72 Å². The van der Waals surface area contributed by atoms with Crippen molar-refractivity contribution < 1.29 is 13.9 Å². The molecule has 0 spiro atoms. The van der Waals surface area contributed by atoms with Gasteiger partial charge in [0.1, 0.15) is 5.75 Å². The maximum Gasteiger partial charge on any atom is 0.259 e. The Morgan fingerprint density at radius 1 is 0.963 bits per heavy atom. The van der Waals surface area contributed by atoms with E-state index in [0.717, 1.165) is 5.56 Å². The van der Waals surface area contributed by atoms with Gasteiger partial charge in [-0.05, 0) is 47.1 Å². The van der Waals surface area contributed by atoms with Crippen molar-refractivity contribution in [3.8, 4) is 5.75 Å². The zero-order valence-electron chi connectivity index (χ0n) is 16.6. The van der Waals surface area contributed by atoms with Gasteiger partial charge in [0.2, 0.25) is 0 Å². The molecule has 0 bridgehead atoms. The lowest BCUT2D eigenvalue weighted by Gasteiger charge is -2.23. The summed E-state index contributed by atoms with van der Waals surface area (Å²) in [6.07, 6.45) is 0. The summed E-state index contributed by atoms with van der Waals surface area (Å²) >= 11 is 4.23. The van der Waals surface area contributed by atoms with Crippen LogP contribution in [0.15, 0.2) is 24.3 Å². The number of phenols is 1. The summed E-state index contributed by atoms with van der Waals surface area (Å²) in [5.41, 5.74) is 5.12. The first-order chi connectivity index (χ1) is 12.5. The molecule has 2 atom stereocenters. The molecule has 2 rings (SSSR count). The second kappa shape index (κ2) is 8.63. The number of hydrogen-bond donors (Lipinski definition) is 3. The molecular formula is C21H28ClNO3S. The SMILES string of the molecule is Cc1cc(NS(=O)O)c(C(C)c2cc(C(C)C)cc(C(C)C)c2)c(Cl)c1O. The normalized spacial score (nSPS) is 13.9. The third-order valence-electron chi connectivity index (χ3n) is 4.93. The third kappa shape index (κ3) is 4.84. The lowest BCUT2D eigenvalue weighted by atomic mass is 9.85. The van der Waals surface area contributed by atoms with Crippen LogP contribution in [-0.2, 0) is 11.3 Å². The Balaban J connectivity index is 2.68. The Morgan fingerprint density at radius 2 is 1.44 bits per heavy atom. The van der Waals surface area contributed by atoms with E-state index < -0.39 is 11.3 Å². The molecule has 0 aliphatic heterocycles. The minimum Gasteiger partial charge on any atom is -0.506 e. The van der Waals surface area contributed by atoms with Gasteiger partial charge in [0.05, 0.1) is 10.7 Å². The molecule has 0 amide bonds. The van der Waals surface area contributed by atoms with E-state index in [9.17, 15) is 13.9 Å². The Kier molecular flexibility index (Phi) is 6.95. The van der Waals surface area contributed by atoms with E-state index in [4.69, 9.17) is 11.6 Å². The standard InChI is InChI=1S/C21H28ClNO3S/c1-11(2)15-8-16(12(3)4)10-17(9-15)14(6)19-18(23-27(25)26)7-13(5)21(24)20(19)22/h7-12,14,23-24H,1-6H3,(H,25,26). The van der Waals surface area contributed by atoms with E-state index in [2.05, 4.69) is 50.6 Å². The van der Waals surface area contributed by atoms with Crippen LogP contribution in [0.5, 0.6) is 5.75 Å². The molecule has 3 N–H and O–H groups in total. The summed E-state index contributed by atoms with van der Waals surface area (Å²) in [7, 11) is 0. The summed E-state index contributed by atoms with van der Waals surface area (Å²) < 4.78 is 23.2. The smallest absolute Gasteiger partial charge is 0.259 e. The molecule has 148 valence electrons. The van der Waals surface area contributed by atoms with Gasteiger partial charge < -0.3 is 5.11 Å². The van der Waals surface area contributed by atoms with Gasteiger partial charge in [-0.3, -0.25) is 9.27 Å². The predicted molar refractivity (Wildman–Crippen MR) is 114 cm³/mol. The van der Waals surface area contributed by atoms with Crippen LogP contribution in [0.25, 0.3) is 0 Å². The largest absolute Gasteiger partial charge is 0.506 e. The number of nitrogens with one attached hydrogen (secondary N) is 1. The van der Waals surface area contributed by atoms with Crippen LogP contribution in [0.4, 0.5) is 5.69 Å². The third-order valence-corrected chi connectivity index (χ3v) is 5.71. The van der Waals surface area contributed by atoms with Crippen LogP contribution >= 0.6 is 11.6 Å². The fourth-order valence-electron chi connectivity index (χ4n) is 3.17. The minimum absolute atomic E-state index is 0.00288. The maximum absolute atomic E-state index is 11.4. The van der Waals surface area contributed by atoms with Gasteiger partial charge in [-0.2, -0.15) is 0 Å². The van der Waals surface area contributed by atoms with Crippen LogP contribution in [0.2, 0.25) is 5.02 Å². The van der Waals surface area contributed by atoms with Gasteiger partial charge in [0.25, 0.3) is 11.3 Å². The summed E-state index contributed by atoms with van der Waals surface area (Å²) in [6.45, 7) is 12.3. The van der Waals surface area contributed by atoms with Crippen molar-refractivity contribution in [3.05, 3.63) is 57.1 Å². The average molecular weight is 410 g/mol. The van der Waals surface area contributed by atoms with Crippen molar-refractivity contribution >= 4 is 28.6 Å². The fraction of sp³-hybridized carbons (Fsp3) is 0.429. The number of benzene rings is 2. The maximum atomic E-state index is 11.4. The van der Waals surface area contributed by atoms with Crippen LogP contribution in [0.3, 0.4) is 0 Å². The summed E-state index contributed by atoms with van der Waals surface area (Å²) in [4.78, 5) is 0. The number of hydrogen-bond acceptors (Lipinski definition) is 2. The number of aryl methyl sites for hydroxylation is 1. The van der Waals surface area contributed by atoms with E-state index in [1.807, 2.05) is 6.92 Å². The Bertz CT molecular complexity index is 839. The van der Waals surface area contributed by atoms with Gasteiger partial charge in [-0.1, -0.05) is 64.4 Å². The van der Waals surface area contributed by atoms with Crippen molar-refractivity contribution in [2.24, 2.45) is 0 Å². The molecule has 0 aliphatic carbocycles. The molecule has 2 aromatic carbocycles. The van der Waals surface area contributed by atoms with E-state index in [1.165, 1.54) is 11.1 Å². The Morgan fingerprint density at radius 3 is 1.89 bits per heavy atom. The van der Waals surface area contributed by atoms with Crippen LogP contribution in [0, 0.1) is 6.92 Å². The molecule has 6 heteroatoms. The van der Waals surface area contributed by atoms with Gasteiger partial charge in [0.15, 0.2) is 0 Å². The second-order valence-corrected chi connectivity index (χ2v) is 8.71. The van der Waals surface area contributed by atoms with Gasteiger partial charge in [-0.15, -0.1) is 0 Å². The summed E-state index contributed by atoms with van der Waals surface area (Å²) in [5, 5.41) is 10.5. The Labute approximate surface area is 169 Å². The van der Waals surface area contributed by atoms with Crippen molar-refractivity contribution in [2.45, 2.75) is 59.3 Å². The molecule has 2 unspecified atom stereocenters. The van der Waals surface area contributed by atoms with Crippen LogP contribution < -0.4 is 4.72 Å². The van der Waals surface area contributed by atoms with Gasteiger partial charge in [-0.25, -0.2) is 4.21 Å². The first kappa shape index (κ1) is 21.7. The van der Waals surface area contributed by atoms with E-state index in [1.54, 1.807) is 13.0 Å². The highest BCUT2D eigenvalue weighted by atomic mass is 35.5. The molecule has 27 heavy (non-hydrogen) atoms. The molecule has 0 radical (unpaired) electrons. The van der Waals surface area contributed by atoms with Crippen molar-refractivity contribution in [3.63, 3.8) is 0 Å². The molecule has 0 saturated carbocycles. The topological polar surface area (TPSA) is 69.6 Å². The molecule has 0 fully saturated rings. The lowest BCUT2D eigenvalue weighted by Crippen LogP contribution is -2.09. The first-order valence-electron chi connectivity index (χ1n) is 9.07. The van der Waals surface area contributed by atoms with Gasteiger partial charge in [0, 0.05) is 11.5 Å². The number of anilines is 1. The van der Waals surface area contributed by atoms with E-state index in [0.29, 0.717) is 28.7 Å². The number of aromatic hydroxyl groups is 1. The van der Waals surface area contributed by atoms with Crippen LogP contribution in [0.1, 0.15) is 80.2 Å². The lowest BCUT2D eigenvalue weighted by molar-refractivity contribution is 0.470. The zero-order chi connectivity index (χ0) is 20.5. The molecule has 0 aliphatic rings. The predicted octanol–water partition coefficient (Wildman–Crippen LogP) is 6.30. The minimum atomic E-state index is -2.24. The summed E-state index contributed by atoms with van der Waals surface area (Å²) in [5.74, 6) is 0.571. The molecule has 0 heterocycles. The molecule has 0 aromatic heterocycles. The van der Waals surface area contributed by atoms with Crippen molar-refractivity contribution in [1.82, 2.24) is 0 Å². The number of phenolic OH excluding ortho intramolecular Hbond substituents is 1. The molecule has 0 saturated heterocycles. The van der Waals surface area contributed by atoms with E-state index in [-0.39, 0.29) is 16.7 Å². The van der Waals surface area contributed by atoms with Crippen molar-refractivity contribution in [1.29, 1.82) is 0 Å². The number of halogens is 1. The highest BCUT2D eigenvalue weighted by Gasteiger charge is 2.23. The highest BCUT2D eigenvalue weighted by Crippen LogP contribution is 2.43. The quantitative estimate of drug-likeness (QED) is 0.387.